The predicted octanol–water partition coefficient (Wildman–Crippen LogP) is 1.33. The van der Waals surface area contributed by atoms with Gasteiger partial charge in [0.15, 0.2) is 0 Å². The normalized spacial score (nSPS) is 14.8. The number of aliphatic hydroxyl groups excluding tert-OH is 1. The quantitative estimate of drug-likeness (QED) is 0.824. The van der Waals surface area contributed by atoms with Crippen LogP contribution in [0.5, 0.6) is 0 Å². The van der Waals surface area contributed by atoms with E-state index in [1.165, 1.54) is 6.92 Å². The van der Waals surface area contributed by atoms with Gasteiger partial charge >= 0.3 is 0 Å². The minimum atomic E-state index is -3.43. The molecule has 0 radical (unpaired) electrons. The summed E-state index contributed by atoms with van der Waals surface area (Å²) in [5.41, 5.74) is -0.240. The second-order valence-corrected chi connectivity index (χ2v) is 7.85. The van der Waals surface area contributed by atoms with Crippen molar-refractivity contribution in [2.24, 2.45) is 0 Å². The zero-order valence-corrected chi connectivity index (χ0v) is 11.9. The topological polar surface area (TPSA) is 66.4 Å². The van der Waals surface area contributed by atoms with Gasteiger partial charge in [-0.05, 0) is 18.4 Å². The van der Waals surface area contributed by atoms with E-state index < -0.39 is 15.3 Å². The molecule has 0 aliphatic rings. The van der Waals surface area contributed by atoms with Gasteiger partial charge in [0.25, 0.3) is 0 Å². The molecule has 0 saturated carbocycles. The lowest BCUT2D eigenvalue weighted by Gasteiger charge is -2.24. The van der Waals surface area contributed by atoms with Crippen molar-refractivity contribution in [3.8, 4) is 0 Å². The Kier molecular flexibility index (Phi) is 4.71. The van der Waals surface area contributed by atoms with E-state index in [0.29, 0.717) is 6.54 Å². The van der Waals surface area contributed by atoms with Crippen molar-refractivity contribution < 1.29 is 13.5 Å². The van der Waals surface area contributed by atoms with Crippen LogP contribution in [0.4, 0.5) is 0 Å². The second kappa shape index (κ2) is 5.48. The first-order valence-electron chi connectivity index (χ1n) is 5.43. The molecular weight excluding hydrogens is 258 g/mol. The monoisotopic (exact) mass is 277 g/mol. The van der Waals surface area contributed by atoms with Gasteiger partial charge in [-0.1, -0.05) is 19.9 Å². The van der Waals surface area contributed by atoms with Crippen LogP contribution in [0.15, 0.2) is 17.5 Å². The first-order valence-corrected chi connectivity index (χ1v) is 7.85. The molecule has 0 aliphatic carbocycles. The Bertz CT molecular complexity index is 437. The molecule has 1 rings (SSSR count). The van der Waals surface area contributed by atoms with Crippen LogP contribution >= 0.6 is 11.3 Å². The van der Waals surface area contributed by atoms with E-state index in [0.717, 1.165) is 4.88 Å². The molecule has 0 fully saturated rings. The van der Waals surface area contributed by atoms with Gasteiger partial charge in [-0.25, -0.2) is 13.1 Å². The maximum atomic E-state index is 11.7. The summed E-state index contributed by atoms with van der Waals surface area (Å²) in [5.74, 6) is 0. The third-order valence-electron chi connectivity index (χ3n) is 2.69. The molecule has 1 aromatic rings. The maximum Gasteiger partial charge on any atom is 0.216 e. The van der Waals surface area contributed by atoms with Crippen molar-refractivity contribution in [2.45, 2.75) is 31.4 Å². The second-order valence-electron chi connectivity index (χ2n) is 4.72. The Morgan fingerprint density at radius 2 is 2.18 bits per heavy atom. The Morgan fingerprint density at radius 1 is 1.53 bits per heavy atom. The SMILES string of the molecule is CC(CO)S(=O)(=O)NCC(C)(C)c1cccs1. The molecule has 98 valence electrons. The average molecular weight is 277 g/mol. The molecule has 17 heavy (non-hydrogen) atoms. The van der Waals surface area contributed by atoms with Crippen LogP contribution in [0, 0.1) is 0 Å². The molecule has 0 amide bonds. The summed E-state index contributed by atoms with van der Waals surface area (Å²) >= 11 is 1.61. The zero-order chi connectivity index (χ0) is 13.1. The van der Waals surface area contributed by atoms with E-state index in [-0.39, 0.29) is 12.0 Å². The summed E-state index contributed by atoms with van der Waals surface area (Å²) in [6.07, 6.45) is 0. The molecule has 0 spiro atoms. The van der Waals surface area contributed by atoms with Crippen molar-refractivity contribution in [3.05, 3.63) is 22.4 Å². The summed E-state index contributed by atoms with van der Waals surface area (Å²) in [4.78, 5) is 1.14. The minimum absolute atomic E-state index is 0.240. The molecular formula is C11H19NO3S2. The van der Waals surface area contributed by atoms with Gasteiger partial charge in [-0.15, -0.1) is 11.3 Å². The molecule has 0 bridgehead atoms. The molecule has 4 nitrogen and oxygen atoms in total. The third-order valence-corrected chi connectivity index (χ3v) is 5.68. The zero-order valence-electron chi connectivity index (χ0n) is 10.3. The van der Waals surface area contributed by atoms with Gasteiger partial charge in [0.1, 0.15) is 0 Å². The van der Waals surface area contributed by atoms with Gasteiger partial charge in [0.2, 0.25) is 10.0 Å². The molecule has 0 aliphatic heterocycles. The summed E-state index contributed by atoms with van der Waals surface area (Å²) in [5, 5.41) is 10.1. The van der Waals surface area contributed by atoms with Crippen LogP contribution in [0.25, 0.3) is 0 Å². The van der Waals surface area contributed by atoms with Crippen molar-refractivity contribution in [1.29, 1.82) is 0 Å². The summed E-state index contributed by atoms with van der Waals surface area (Å²) < 4.78 is 26.0. The lowest BCUT2D eigenvalue weighted by molar-refractivity contribution is 0.294. The highest BCUT2D eigenvalue weighted by Crippen LogP contribution is 2.26. The first kappa shape index (κ1) is 14.6. The van der Waals surface area contributed by atoms with Crippen LogP contribution in [0.3, 0.4) is 0 Å². The van der Waals surface area contributed by atoms with Crippen LogP contribution in [-0.2, 0) is 15.4 Å². The molecule has 6 heteroatoms. The molecule has 1 unspecified atom stereocenters. The number of thiophene rings is 1. The third kappa shape index (κ3) is 3.77. The lowest BCUT2D eigenvalue weighted by Crippen LogP contribution is -2.41. The van der Waals surface area contributed by atoms with E-state index in [4.69, 9.17) is 5.11 Å². The standard InChI is InChI=1S/C11H19NO3S2/c1-9(7-13)17(14,15)12-8-11(2,3)10-5-4-6-16-10/h4-6,9,12-13H,7-8H2,1-3H3. The highest BCUT2D eigenvalue weighted by Gasteiger charge is 2.26. The summed E-state index contributed by atoms with van der Waals surface area (Å²) in [6.45, 7) is 5.44. The van der Waals surface area contributed by atoms with Gasteiger partial charge in [0, 0.05) is 16.8 Å². The largest absolute Gasteiger partial charge is 0.395 e. The Hall–Kier alpha value is -0.430. The molecule has 2 N–H and O–H groups in total. The summed E-state index contributed by atoms with van der Waals surface area (Å²) in [7, 11) is -3.43. The highest BCUT2D eigenvalue weighted by molar-refractivity contribution is 7.90. The molecule has 1 atom stereocenters. The number of hydrogen-bond acceptors (Lipinski definition) is 4. The smallest absolute Gasteiger partial charge is 0.216 e. The molecule has 0 saturated heterocycles. The fourth-order valence-electron chi connectivity index (χ4n) is 1.27. The molecule has 1 aromatic heterocycles. The number of aliphatic hydroxyl groups is 1. The van der Waals surface area contributed by atoms with E-state index in [9.17, 15) is 8.42 Å². The molecule has 1 heterocycles. The average Bonchev–Trinajstić information content (AvgIpc) is 2.79. The van der Waals surface area contributed by atoms with Crippen LogP contribution < -0.4 is 4.72 Å². The Labute approximate surface area is 107 Å². The van der Waals surface area contributed by atoms with Crippen LogP contribution in [0.1, 0.15) is 25.6 Å². The van der Waals surface area contributed by atoms with Crippen LogP contribution in [0.2, 0.25) is 0 Å². The van der Waals surface area contributed by atoms with Gasteiger partial charge in [-0.3, -0.25) is 0 Å². The summed E-state index contributed by atoms with van der Waals surface area (Å²) in [6, 6.07) is 3.95. The first-order chi connectivity index (χ1) is 7.79. The van der Waals surface area contributed by atoms with E-state index in [1.54, 1.807) is 11.3 Å². The number of rotatable bonds is 6. The van der Waals surface area contributed by atoms with E-state index in [1.807, 2.05) is 31.4 Å². The fourth-order valence-corrected chi connectivity index (χ4v) is 3.17. The van der Waals surface area contributed by atoms with E-state index in [2.05, 4.69) is 4.72 Å². The highest BCUT2D eigenvalue weighted by atomic mass is 32.2. The Morgan fingerprint density at radius 3 is 2.65 bits per heavy atom. The predicted molar refractivity (Wildman–Crippen MR) is 70.8 cm³/mol. The fraction of sp³-hybridized carbons (Fsp3) is 0.636. The van der Waals surface area contributed by atoms with Crippen LogP contribution in [-0.4, -0.2) is 31.9 Å². The van der Waals surface area contributed by atoms with Gasteiger partial charge in [0.05, 0.1) is 11.9 Å². The molecule has 0 aromatic carbocycles. The van der Waals surface area contributed by atoms with Gasteiger partial charge < -0.3 is 5.11 Å². The minimum Gasteiger partial charge on any atom is -0.395 e. The number of sulfonamides is 1. The lowest BCUT2D eigenvalue weighted by atomic mass is 9.92. The van der Waals surface area contributed by atoms with Crippen molar-refractivity contribution in [3.63, 3.8) is 0 Å². The number of hydrogen-bond donors (Lipinski definition) is 2. The van der Waals surface area contributed by atoms with Gasteiger partial charge in [-0.2, -0.15) is 0 Å². The van der Waals surface area contributed by atoms with Crippen molar-refractivity contribution in [2.75, 3.05) is 13.2 Å². The van der Waals surface area contributed by atoms with Crippen molar-refractivity contribution in [1.82, 2.24) is 4.72 Å². The Balaban J connectivity index is 2.68. The van der Waals surface area contributed by atoms with E-state index >= 15 is 0 Å². The van der Waals surface area contributed by atoms with Crippen molar-refractivity contribution >= 4 is 21.4 Å². The number of nitrogens with one attached hydrogen (secondary N) is 1. The maximum absolute atomic E-state index is 11.7.